The maximum Gasteiger partial charge on any atom is 0.239 e. The highest BCUT2D eigenvalue weighted by molar-refractivity contribution is 5.85. The Labute approximate surface area is 134 Å². The summed E-state index contributed by atoms with van der Waals surface area (Å²) in [6.45, 7) is 1.40. The number of benzene rings is 1. The summed E-state index contributed by atoms with van der Waals surface area (Å²) in [4.78, 5) is 23.5. The minimum Gasteiger partial charge on any atom is -0.466 e. The Balaban J connectivity index is 1.72. The van der Waals surface area contributed by atoms with Crippen LogP contribution in [0, 0.1) is 0 Å². The molecule has 0 aliphatic heterocycles. The van der Waals surface area contributed by atoms with Gasteiger partial charge in [-0.3, -0.25) is 9.59 Å². The van der Waals surface area contributed by atoms with Crippen LogP contribution in [0.2, 0.25) is 0 Å². The first-order valence-electron chi connectivity index (χ1n) is 7.31. The lowest BCUT2D eigenvalue weighted by Gasteiger charge is -2.21. The van der Waals surface area contributed by atoms with Crippen molar-refractivity contribution in [2.75, 3.05) is 13.1 Å². The van der Waals surface area contributed by atoms with E-state index in [9.17, 15) is 14.7 Å². The van der Waals surface area contributed by atoms with Gasteiger partial charge in [0, 0.05) is 0 Å². The minimum absolute atomic E-state index is 0.00605. The van der Waals surface area contributed by atoms with E-state index < -0.39 is 5.60 Å². The number of hydrogen-bond acceptors (Lipinski definition) is 4. The van der Waals surface area contributed by atoms with Crippen molar-refractivity contribution in [1.82, 2.24) is 10.6 Å². The molecule has 3 N–H and O–H groups in total. The van der Waals surface area contributed by atoms with E-state index in [1.807, 2.05) is 30.3 Å². The Morgan fingerprint density at radius 2 is 1.83 bits per heavy atom. The molecule has 0 bridgehead atoms. The molecule has 6 heteroatoms. The summed E-state index contributed by atoms with van der Waals surface area (Å²) < 4.78 is 5.12. The normalized spacial score (nSPS) is 13.1. The molecule has 0 aliphatic carbocycles. The first-order chi connectivity index (χ1) is 11.0. The Morgan fingerprint density at radius 3 is 2.48 bits per heavy atom. The Kier molecular flexibility index (Phi) is 5.54. The fourth-order valence-electron chi connectivity index (χ4n) is 2.03. The molecule has 2 amide bonds. The van der Waals surface area contributed by atoms with Gasteiger partial charge < -0.3 is 20.2 Å². The van der Waals surface area contributed by atoms with Gasteiger partial charge in [-0.1, -0.05) is 30.3 Å². The summed E-state index contributed by atoms with van der Waals surface area (Å²) in [7, 11) is 0. The van der Waals surface area contributed by atoms with Crippen LogP contribution in [0.15, 0.2) is 53.1 Å². The van der Waals surface area contributed by atoms with Crippen molar-refractivity contribution in [2.24, 2.45) is 0 Å². The number of aliphatic hydroxyl groups is 1. The first kappa shape index (κ1) is 16.8. The highest BCUT2D eigenvalue weighted by Gasteiger charge is 2.26. The predicted octanol–water partition coefficient (Wildman–Crippen LogP) is 0.962. The van der Waals surface area contributed by atoms with Gasteiger partial charge in [0.1, 0.15) is 11.4 Å². The average Bonchev–Trinajstić information content (AvgIpc) is 3.07. The topological polar surface area (TPSA) is 91.6 Å². The lowest BCUT2D eigenvalue weighted by molar-refractivity contribution is -0.126. The molecule has 122 valence electrons. The molecular weight excluding hydrogens is 296 g/mol. The summed E-state index contributed by atoms with van der Waals surface area (Å²) in [5.74, 6) is -0.242. The van der Waals surface area contributed by atoms with Gasteiger partial charge in [-0.2, -0.15) is 0 Å². The van der Waals surface area contributed by atoms with Crippen LogP contribution < -0.4 is 10.6 Å². The molecule has 1 unspecified atom stereocenters. The van der Waals surface area contributed by atoms with Crippen molar-refractivity contribution in [3.63, 3.8) is 0 Å². The molecule has 1 heterocycles. The molecule has 0 fully saturated rings. The summed E-state index contributed by atoms with van der Waals surface area (Å²) in [6.07, 6.45) is 1.67. The van der Waals surface area contributed by atoms with Crippen molar-refractivity contribution in [3.05, 3.63) is 60.1 Å². The van der Waals surface area contributed by atoms with Crippen LogP contribution in [-0.2, 0) is 21.6 Å². The van der Waals surface area contributed by atoms with E-state index in [4.69, 9.17) is 4.42 Å². The van der Waals surface area contributed by atoms with E-state index in [0.29, 0.717) is 5.76 Å². The number of nitrogens with one attached hydrogen (secondary N) is 2. The number of rotatable bonds is 7. The maximum atomic E-state index is 11.7. The third-order valence-electron chi connectivity index (χ3n) is 3.34. The fraction of sp³-hybridized carbons (Fsp3) is 0.294. The SMILES string of the molecule is CC(O)(CNC(=O)CNC(=O)Cc1ccccc1)c1ccco1. The fourth-order valence-corrected chi connectivity index (χ4v) is 2.03. The highest BCUT2D eigenvalue weighted by Crippen LogP contribution is 2.19. The molecule has 0 spiro atoms. The number of carbonyl (C=O) groups excluding carboxylic acids is 2. The van der Waals surface area contributed by atoms with Gasteiger partial charge in [-0.05, 0) is 24.6 Å². The van der Waals surface area contributed by atoms with E-state index in [1.165, 1.54) is 6.26 Å². The molecule has 2 aromatic rings. The van der Waals surface area contributed by atoms with Crippen molar-refractivity contribution >= 4 is 11.8 Å². The summed E-state index contributed by atoms with van der Waals surface area (Å²) >= 11 is 0. The summed E-state index contributed by atoms with van der Waals surface area (Å²) in [5, 5.41) is 15.3. The van der Waals surface area contributed by atoms with E-state index >= 15 is 0 Å². The molecule has 1 aromatic carbocycles. The monoisotopic (exact) mass is 316 g/mol. The van der Waals surface area contributed by atoms with Gasteiger partial charge >= 0.3 is 0 Å². The summed E-state index contributed by atoms with van der Waals surface area (Å²) in [5.41, 5.74) is -0.418. The standard InChI is InChI=1S/C17H20N2O4/c1-17(22,14-8-5-9-23-14)12-19-16(21)11-18-15(20)10-13-6-3-2-4-7-13/h2-9,22H,10-12H2,1H3,(H,18,20)(H,19,21). The van der Waals surface area contributed by atoms with Gasteiger partial charge in [0.15, 0.2) is 0 Å². The van der Waals surface area contributed by atoms with Crippen LogP contribution in [0.5, 0.6) is 0 Å². The van der Waals surface area contributed by atoms with E-state index in [1.54, 1.807) is 19.1 Å². The zero-order valence-corrected chi connectivity index (χ0v) is 12.9. The molecule has 1 aromatic heterocycles. The van der Waals surface area contributed by atoms with Gasteiger partial charge in [0.25, 0.3) is 0 Å². The second-order valence-electron chi connectivity index (χ2n) is 5.47. The van der Waals surface area contributed by atoms with Gasteiger partial charge in [-0.15, -0.1) is 0 Å². The van der Waals surface area contributed by atoms with Crippen molar-refractivity contribution in [3.8, 4) is 0 Å². The van der Waals surface area contributed by atoms with Crippen LogP contribution in [0.3, 0.4) is 0 Å². The zero-order chi connectivity index (χ0) is 16.7. The van der Waals surface area contributed by atoms with Gasteiger partial charge in [-0.25, -0.2) is 0 Å². The molecule has 6 nitrogen and oxygen atoms in total. The number of carbonyl (C=O) groups is 2. The Bertz CT molecular complexity index is 636. The maximum absolute atomic E-state index is 11.7. The van der Waals surface area contributed by atoms with Gasteiger partial charge in [0.2, 0.25) is 11.8 Å². The van der Waals surface area contributed by atoms with Crippen LogP contribution in [0.4, 0.5) is 0 Å². The quantitative estimate of drug-likeness (QED) is 0.709. The van der Waals surface area contributed by atoms with Crippen LogP contribution in [0.1, 0.15) is 18.2 Å². The van der Waals surface area contributed by atoms with Crippen molar-refractivity contribution < 1.29 is 19.1 Å². The molecule has 0 saturated heterocycles. The van der Waals surface area contributed by atoms with Crippen LogP contribution in [-0.4, -0.2) is 30.0 Å². The molecule has 0 saturated carbocycles. The van der Waals surface area contributed by atoms with Crippen LogP contribution in [0.25, 0.3) is 0 Å². The summed E-state index contributed by atoms with van der Waals surface area (Å²) in [6, 6.07) is 12.6. The third kappa shape index (κ3) is 5.27. The average molecular weight is 316 g/mol. The Morgan fingerprint density at radius 1 is 1.09 bits per heavy atom. The van der Waals surface area contributed by atoms with E-state index in [2.05, 4.69) is 10.6 Å². The van der Waals surface area contributed by atoms with Crippen molar-refractivity contribution in [2.45, 2.75) is 18.9 Å². The molecule has 0 aliphatic rings. The molecule has 0 radical (unpaired) electrons. The smallest absolute Gasteiger partial charge is 0.239 e. The van der Waals surface area contributed by atoms with E-state index in [-0.39, 0.29) is 31.3 Å². The lowest BCUT2D eigenvalue weighted by atomic mass is 10.0. The lowest BCUT2D eigenvalue weighted by Crippen LogP contribution is -2.43. The zero-order valence-electron chi connectivity index (χ0n) is 12.9. The van der Waals surface area contributed by atoms with Crippen LogP contribution >= 0.6 is 0 Å². The second kappa shape index (κ2) is 7.60. The molecule has 2 rings (SSSR count). The first-order valence-corrected chi connectivity index (χ1v) is 7.31. The molecule has 1 atom stereocenters. The second-order valence-corrected chi connectivity index (χ2v) is 5.47. The molecule has 23 heavy (non-hydrogen) atoms. The van der Waals surface area contributed by atoms with Gasteiger partial charge in [0.05, 0.1) is 25.8 Å². The minimum atomic E-state index is -1.30. The Hall–Kier alpha value is -2.60. The third-order valence-corrected chi connectivity index (χ3v) is 3.34. The highest BCUT2D eigenvalue weighted by atomic mass is 16.4. The molecular formula is C17H20N2O4. The number of furan rings is 1. The number of amides is 2. The predicted molar refractivity (Wildman–Crippen MR) is 84.4 cm³/mol. The number of hydrogen-bond donors (Lipinski definition) is 3. The largest absolute Gasteiger partial charge is 0.466 e. The van der Waals surface area contributed by atoms with Crippen molar-refractivity contribution in [1.29, 1.82) is 0 Å². The van der Waals surface area contributed by atoms with E-state index in [0.717, 1.165) is 5.56 Å².